The van der Waals surface area contributed by atoms with E-state index >= 15 is 0 Å². The second-order valence-corrected chi connectivity index (χ2v) is 4.62. The monoisotopic (exact) mass is 240 g/mol. The number of rotatable bonds is 1. The number of hydrogen-bond acceptors (Lipinski definition) is 3. The van der Waals surface area contributed by atoms with Gasteiger partial charge in [0.2, 0.25) is 0 Å². The van der Waals surface area contributed by atoms with Crippen molar-refractivity contribution in [3.63, 3.8) is 0 Å². The molecule has 0 aromatic heterocycles. The van der Waals surface area contributed by atoms with Crippen LogP contribution in [0.3, 0.4) is 0 Å². The fraction of sp³-hybridized carbons (Fsp3) is 0.0909. The Morgan fingerprint density at radius 1 is 1.25 bits per heavy atom. The van der Waals surface area contributed by atoms with Crippen molar-refractivity contribution in [1.29, 1.82) is 0 Å². The first-order valence-corrected chi connectivity index (χ1v) is 5.95. The average molecular weight is 240 g/mol. The molecule has 4 nitrogen and oxygen atoms in total. The number of aliphatic hydroxyl groups excluding tert-OH is 1. The number of aliphatic hydroxyl groups is 1. The second-order valence-electron chi connectivity index (χ2n) is 3.20. The fourth-order valence-electron chi connectivity index (χ4n) is 1.07. The van der Waals surface area contributed by atoms with Crippen molar-refractivity contribution >= 4 is 10.1 Å². The molecule has 0 saturated heterocycles. The van der Waals surface area contributed by atoms with Gasteiger partial charge in [-0.1, -0.05) is 18.7 Å². The van der Waals surface area contributed by atoms with Gasteiger partial charge in [-0.25, -0.2) is 0 Å². The maximum atomic E-state index is 11.0. The van der Waals surface area contributed by atoms with Gasteiger partial charge in [-0.2, -0.15) is 8.42 Å². The second kappa shape index (κ2) is 4.96. The van der Waals surface area contributed by atoms with Gasteiger partial charge in [-0.15, -0.1) is 0 Å². The van der Waals surface area contributed by atoms with Gasteiger partial charge >= 0.3 is 0 Å². The lowest BCUT2D eigenvalue weighted by molar-refractivity contribution is 0.430. The van der Waals surface area contributed by atoms with Crippen LogP contribution in [0.15, 0.2) is 59.3 Å². The van der Waals surface area contributed by atoms with Gasteiger partial charge in [0.25, 0.3) is 10.1 Å². The summed E-state index contributed by atoms with van der Waals surface area (Å²) >= 11 is 0. The van der Waals surface area contributed by atoms with Gasteiger partial charge in [0.1, 0.15) is 5.76 Å². The molecule has 86 valence electrons. The Labute approximate surface area is 94.4 Å². The summed E-state index contributed by atoms with van der Waals surface area (Å²) < 4.78 is 30.8. The summed E-state index contributed by atoms with van der Waals surface area (Å²) in [6, 6.07) is 0. The first-order chi connectivity index (χ1) is 7.39. The molecule has 0 aliphatic heterocycles. The Kier molecular flexibility index (Phi) is 3.87. The summed E-state index contributed by atoms with van der Waals surface area (Å²) in [7, 11) is -4.24. The smallest absolute Gasteiger partial charge is 0.294 e. The minimum atomic E-state index is -4.24. The molecule has 0 atom stereocenters. The molecule has 0 unspecified atom stereocenters. The van der Waals surface area contributed by atoms with E-state index in [-0.39, 0.29) is 10.7 Å². The van der Waals surface area contributed by atoms with Crippen molar-refractivity contribution in [3.05, 3.63) is 59.3 Å². The average Bonchev–Trinajstić information content (AvgIpc) is 2.17. The minimum absolute atomic E-state index is 0.0782. The molecule has 1 rings (SSSR count). The quantitative estimate of drug-likeness (QED) is 0.689. The summed E-state index contributed by atoms with van der Waals surface area (Å²) in [6.07, 6.45) is 8.74. The van der Waals surface area contributed by atoms with E-state index in [1.807, 2.05) is 0 Å². The van der Waals surface area contributed by atoms with Crippen LogP contribution in [0.1, 0.15) is 6.42 Å². The fourth-order valence-corrected chi connectivity index (χ4v) is 1.64. The topological polar surface area (TPSA) is 74.6 Å². The first-order valence-electron chi connectivity index (χ1n) is 4.51. The van der Waals surface area contributed by atoms with Crippen molar-refractivity contribution in [3.8, 4) is 0 Å². The molecule has 1 aliphatic rings. The molecule has 1 aliphatic carbocycles. The Hall–Kier alpha value is -1.59. The minimum Gasteiger partial charge on any atom is -0.508 e. The highest BCUT2D eigenvalue weighted by Crippen LogP contribution is 2.13. The van der Waals surface area contributed by atoms with E-state index < -0.39 is 10.1 Å². The number of hydrogen-bond donors (Lipinski definition) is 2. The molecule has 0 heterocycles. The molecule has 16 heavy (non-hydrogen) atoms. The van der Waals surface area contributed by atoms with Gasteiger partial charge in [0.05, 0.1) is 4.91 Å². The molecular formula is C11H12O4S. The molecule has 0 spiro atoms. The third-order valence-electron chi connectivity index (χ3n) is 1.84. The Morgan fingerprint density at radius 3 is 2.56 bits per heavy atom. The predicted molar refractivity (Wildman–Crippen MR) is 62.4 cm³/mol. The van der Waals surface area contributed by atoms with Gasteiger partial charge < -0.3 is 5.11 Å². The molecule has 0 radical (unpaired) electrons. The van der Waals surface area contributed by atoms with E-state index in [0.717, 1.165) is 0 Å². The van der Waals surface area contributed by atoms with Gasteiger partial charge in [-0.05, 0) is 36.3 Å². The van der Waals surface area contributed by atoms with Crippen LogP contribution in [-0.4, -0.2) is 18.1 Å². The van der Waals surface area contributed by atoms with Crippen LogP contribution in [0.25, 0.3) is 0 Å². The van der Waals surface area contributed by atoms with Gasteiger partial charge in [-0.3, -0.25) is 4.55 Å². The van der Waals surface area contributed by atoms with E-state index in [2.05, 4.69) is 6.58 Å². The lowest BCUT2D eigenvalue weighted by Gasteiger charge is -2.00. The maximum Gasteiger partial charge on any atom is 0.294 e. The Balaban J connectivity index is 3.15. The highest BCUT2D eigenvalue weighted by atomic mass is 32.2. The molecule has 0 aromatic carbocycles. The lowest BCUT2D eigenvalue weighted by Crippen LogP contribution is -2.00. The van der Waals surface area contributed by atoms with Crippen LogP contribution < -0.4 is 0 Å². The van der Waals surface area contributed by atoms with Crippen molar-refractivity contribution in [2.24, 2.45) is 0 Å². The summed E-state index contributed by atoms with van der Waals surface area (Å²) in [5.74, 6) is 0.0782. The third kappa shape index (κ3) is 3.88. The molecule has 0 aromatic rings. The standard InChI is InChI=1S/C11H12O4S/c1-9-6-7-10(12)4-2-3-5-11(8-9)16(13,14)15/h3-8,12H,1-2H2,(H,13,14,15)/b5-3-,7-6-,10-4+,11-8?. The molecular weight excluding hydrogens is 228 g/mol. The van der Waals surface area contributed by atoms with E-state index in [0.29, 0.717) is 12.0 Å². The van der Waals surface area contributed by atoms with E-state index in [1.54, 1.807) is 0 Å². The van der Waals surface area contributed by atoms with E-state index in [4.69, 9.17) is 4.55 Å². The van der Waals surface area contributed by atoms with Crippen LogP contribution >= 0.6 is 0 Å². The molecule has 0 saturated carbocycles. The van der Waals surface area contributed by atoms with Crippen molar-refractivity contribution in [2.75, 3.05) is 0 Å². The van der Waals surface area contributed by atoms with Gasteiger partial charge in [0.15, 0.2) is 0 Å². The lowest BCUT2D eigenvalue weighted by atomic mass is 10.2. The Bertz CT molecular complexity index is 504. The zero-order chi connectivity index (χ0) is 12.2. The van der Waals surface area contributed by atoms with Crippen LogP contribution in [0.5, 0.6) is 0 Å². The molecule has 5 heteroatoms. The van der Waals surface area contributed by atoms with Crippen LogP contribution in [-0.2, 0) is 10.1 Å². The van der Waals surface area contributed by atoms with Crippen molar-refractivity contribution in [1.82, 2.24) is 0 Å². The normalized spacial score (nSPS) is 25.2. The van der Waals surface area contributed by atoms with Crippen molar-refractivity contribution < 1.29 is 18.1 Å². The predicted octanol–water partition coefficient (Wildman–Crippen LogP) is 2.27. The SMILES string of the molecule is C=C1C=C(S(=O)(=O)O)/C=C\C/C=C(O)\C=C/1. The maximum absolute atomic E-state index is 11.0. The summed E-state index contributed by atoms with van der Waals surface area (Å²) in [5.41, 5.74) is 0.360. The third-order valence-corrected chi connectivity index (χ3v) is 2.69. The molecule has 0 fully saturated rings. The Morgan fingerprint density at radius 2 is 1.94 bits per heavy atom. The first kappa shape index (κ1) is 12.5. The zero-order valence-electron chi connectivity index (χ0n) is 8.50. The van der Waals surface area contributed by atoms with Crippen molar-refractivity contribution in [2.45, 2.75) is 6.42 Å². The van der Waals surface area contributed by atoms with Gasteiger partial charge in [0, 0.05) is 0 Å². The highest BCUT2D eigenvalue weighted by Gasteiger charge is 2.10. The summed E-state index contributed by atoms with van der Waals surface area (Å²) in [4.78, 5) is -0.225. The highest BCUT2D eigenvalue weighted by molar-refractivity contribution is 7.90. The number of allylic oxidation sites excluding steroid dienone is 7. The van der Waals surface area contributed by atoms with Crippen LogP contribution in [0.4, 0.5) is 0 Å². The van der Waals surface area contributed by atoms with Crippen LogP contribution in [0, 0.1) is 0 Å². The van der Waals surface area contributed by atoms with Crippen LogP contribution in [0.2, 0.25) is 0 Å². The molecule has 0 bridgehead atoms. The van der Waals surface area contributed by atoms with E-state index in [9.17, 15) is 13.5 Å². The summed E-state index contributed by atoms with van der Waals surface area (Å²) in [6.45, 7) is 3.58. The molecule has 0 amide bonds. The zero-order valence-corrected chi connectivity index (χ0v) is 9.31. The van der Waals surface area contributed by atoms with E-state index in [1.165, 1.54) is 36.5 Å². The summed E-state index contributed by atoms with van der Waals surface area (Å²) in [5, 5.41) is 9.29. The largest absolute Gasteiger partial charge is 0.508 e. The molecule has 2 N–H and O–H groups in total.